The van der Waals surface area contributed by atoms with Crippen LogP contribution in [0.15, 0.2) is 36.4 Å². The minimum absolute atomic E-state index is 0.313. The summed E-state index contributed by atoms with van der Waals surface area (Å²) in [5.41, 5.74) is 4.79. The number of hydrogen-bond donors (Lipinski definition) is 2. The lowest BCUT2D eigenvalue weighted by Gasteiger charge is -2.01. The smallest absolute Gasteiger partial charge is 0.336 e. The standard InChI is InChI=1S/C11H9NO2.NO3/c12-8-5-7-3-1-2-4-9(7)10(6-8)11(13)14;2-1(3)4/h1-6H,12H2,(H,13,14);/q;-1/p+1. The third-order valence-electron chi connectivity index (χ3n) is 2.15. The van der Waals surface area contributed by atoms with Crippen LogP contribution in [0.3, 0.4) is 0 Å². The average molecular weight is 250 g/mol. The van der Waals surface area contributed by atoms with Crippen LogP contribution in [0.5, 0.6) is 0 Å². The van der Waals surface area contributed by atoms with E-state index in [0.717, 1.165) is 16.5 Å². The van der Waals surface area contributed by atoms with E-state index in [1.54, 1.807) is 12.1 Å². The summed E-state index contributed by atoms with van der Waals surface area (Å²) < 4.78 is 0. The van der Waals surface area contributed by atoms with Crippen molar-refractivity contribution >= 4 is 22.4 Å². The highest BCUT2D eigenvalue weighted by molar-refractivity contribution is 6.04. The van der Waals surface area contributed by atoms with Crippen molar-refractivity contribution in [3.63, 3.8) is 0 Å². The third kappa shape index (κ3) is 3.42. The van der Waals surface area contributed by atoms with E-state index in [-0.39, 0.29) is 0 Å². The number of carbonyl (C=O) groups is 1. The monoisotopic (exact) mass is 250 g/mol. The Morgan fingerprint density at radius 3 is 2.33 bits per heavy atom. The van der Waals surface area contributed by atoms with Crippen LogP contribution in [0, 0.1) is 15.3 Å². The van der Waals surface area contributed by atoms with Gasteiger partial charge >= 0.3 is 5.97 Å². The molecule has 7 nitrogen and oxygen atoms in total. The number of carboxylic acids is 1. The molecule has 0 saturated heterocycles. The van der Waals surface area contributed by atoms with E-state index in [1.807, 2.05) is 24.3 Å². The van der Waals surface area contributed by atoms with Gasteiger partial charge in [0.1, 0.15) is 5.69 Å². The quantitative estimate of drug-likeness (QED) is 0.579. The predicted molar refractivity (Wildman–Crippen MR) is 63.8 cm³/mol. The SMILES string of the molecule is O=[N+]([O-])[O-].[NH3+]c1cc(C(=O)O)c2ccccc2c1. The largest absolute Gasteiger partial charge is 0.478 e. The van der Waals surface area contributed by atoms with Crippen LogP contribution >= 0.6 is 0 Å². The van der Waals surface area contributed by atoms with Crippen molar-refractivity contribution in [2.45, 2.75) is 0 Å². The fourth-order valence-corrected chi connectivity index (χ4v) is 1.55. The van der Waals surface area contributed by atoms with Crippen LogP contribution in [-0.4, -0.2) is 16.2 Å². The first-order valence-corrected chi connectivity index (χ1v) is 4.81. The molecule has 0 unspecified atom stereocenters. The average Bonchev–Trinajstić information content (AvgIpc) is 2.26. The van der Waals surface area contributed by atoms with Gasteiger partial charge in [0, 0.05) is 12.1 Å². The summed E-state index contributed by atoms with van der Waals surface area (Å²) in [7, 11) is 0. The van der Waals surface area contributed by atoms with Gasteiger partial charge in [-0.3, -0.25) is 0 Å². The van der Waals surface area contributed by atoms with E-state index in [0.29, 0.717) is 5.56 Å². The van der Waals surface area contributed by atoms with E-state index in [9.17, 15) is 4.79 Å². The molecule has 0 amide bonds. The summed E-state index contributed by atoms with van der Waals surface area (Å²) in [6.07, 6.45) is 0. The van der Waals surface area contributed by atoms with Gasteiger partial charge in [-0.1, -0.05) is 24.3 Å². The predicted octanol–water partition coefficient (Wildman–Crippen LogP) is 1.17. The van der Waals surface area contributed by atoms with Crippen molar-refractivity contribution in [1.82, 2.24) is 0 Å². The summed E-state index contributed by atoms with van der Waals surface area (Å²) in [4.78, 5) is 19.2. The molecule has 0 radical (unpaired) electrons. The summed E-state index contributed by atoms with van der Waals surface area (Å²) >= 11 is 0. The number of carboxylic acid groups (broad SMARTS) is 1. The molecule has 0 aliphatic heterocycles. The highest BCUT2D eigenvalue weighted by Gasteiger charge is 2.09. The topological polar surface area (TPSA) is 131 Å². The van der Waals surface area contributed by atoms with Crippen molar-refractivity contribution in [3.8, 4) is 0 Å². The lowest BCUT2D eigenvalue weighted by molar-refractivity contribution is -0.402. The molecule has 0 fully saturated rings. The van der Waals surface area contributed by atoms with Crippen molar-refractivity contribution in [2.24, 2.45) is 0 Å². The number of rotatable bonds is 1. The van der Waals surface area contributed by atoms with E-state index >= 15 is 0 Å². The highest BCUT2D eigenvalue weighted by atomic mass is 16.9. The zero-order valence-corrected chi connectivity index (χ0v) is 9.20. The van der Waals surface area contributed by atoms with Crippen LogP contribution in [-0.2, 0) is 0 Å². The van der Waals surface area contributed by atoms with Gasteiger partial charge in [0.05, 0.1) is 10.7 Å². The number of quaternary nitrogens is 1. The Morgan fingerprint density at radius 1 is 1.22 bits per heavy atom. The molecule has 2 aromatic carbocycles. The normalized spacial score (nSPS) is 9.39. The van der Waals surface area contributed by atoms with Gasteiger partial charge in [-0.2, -0.15) is 0 Å². The van der Waals surface area contributed by atoms with E-state index < -0.39 is 11.1 Å². The molecule has 94 valence electrons. The molecule has 0 aliphatic rings. The molecule has 7 heteroatoms. The summed E-state index contributed by atoms with van der Waals surface area (Å²) in [5, 5.41) is 25.4. The Balaban J connectivity index is 0.000000357. The molecule has 0 aliphatic carbocycles. The number of fused-ring (bicyclic) bond motifs is 1. The molecule has 0 saturated carbocycles. The van der Waals surface area contributed by atoms with Gasteiger partial charge in [-0.15, -0.1) is 0 Å². The van der Waals surface area contributed by atoms with Crippen molar-refractivity contribution in [2.75, 3.05) is 0 Å². The molecule has 0 aromatic heterocycles. The third-order valence-corrected chi connectivity index (χ3v) is 2.15. The molecular formula is C11H10N2O5. The first-order chi connectivity index (χ1) is 8.41. The van der Waals surface area contributed by atoms with Gasteiger partial charge in [0.25, 0.3) is 0 Å². The van der Waals surface area contributed by atoms with Crippen LogP contribution in [0.2, 0.25) is 0 Å². The molecule has 0 spiro atoms. The summed E-state index contributed by atoms with van der Waals surface area (Å²) in [5.74, 6) is -0.910. The Labute approximate surface area is 101 Å². The molecule has 0 bridgehead atoms. The Kier molecular flexibility index (Phi) is 4.16. The maximum absolute atomic E-state index is 10.9. The molecule has 18 heavy (non-hydrogen) atoms. The first-order valence-electron chi connectivity index (χ1n) is 4.81. The van der Waals surface area contributed by atoms with E-state index in [2.05, 4.69) is 5.73 Å². The van der Waals surface area contributed by atoms with E-state index in [1.165, 1.54) is 0 Å². The molecule has 0 atom stereocenters. The Morgan fingerprint density at radius 2 is 1.78 bits per heavy atom. The summed E-state index contributed by atoms with van der Waals surface area (Å²) in [6.45, 7) is 0. The van der Waals surface area contributed by atoms with Gasteiger partial charge in [-0.05, 0) is 10.8 Å². The lowest BCUT2D eigenvalue weighted by Crippen LogP contribution is -2.40. The van der Waals surface area contributed by atoms with Crippen LogP contribution in [0.1, 0.15) is 10.4 Å². The van der Waals surface area contributed by atoms with Crippen LogP contribution < -0.4 is 5.73 Å². The second-order valence-corrected chi connectivity index (χ2v) is 3.39. The zero-order chi connectivity index (χ0) is 13.7. The van der Waals surface area contributed by atoms with Gasteiger partial charge in [0.15, 0.2) is 0 Å². The van der Waals surface area contributed by atoms with Crippen LogP contribution in [0.25, 0.3) is 10.8 Å². The summed E-state index contributed by atoms with van der Waals surface area (Å²) in [6, 6.07) is 10.9. The number of nitrogens with zero attached hydrogens (tertiary/aromatic N) is 1. The van der Waals surface area contributed by atoms with Gasteiger partial charge < -0.3 is 26.2 Å². The minimum Gasteiger partial charge on any atom is -0.478 e. The maximum Gasteiger partial charge on any atom is 0.336 e. The maximum atomic E-state index is 10.9. The van der Waals surface area contributed by atoms with Gasteiger partial charge in [0.2, 0.25) is 0 Å². The van der Waals surface area contributed by atoms with Crippen molar-refractivity contribution < 1.29 is 20.7 Å². The molecule has 2 rings (SSSR count). The molecular weight excluding hydrogens is 240 g/mol. The molecule has 2 aromatic rings. The molecule has 4 N–H and O–H groups in total. The number of aromatic carboxylic acids is 1. The second-order valence-electron chi connectivity index (χ2n) is 3.39. The fraction of sp³-hybridized carbons (Fsp3) is 0. The fourth-order valence-electron chi connectivity index (χ4n) is 1.55. The Hall–Kier alpha value is -2.67. The molecule has 0 heterocycles. The number of hydrogen-bond acceptors (Lipinski definition) is 4. The van der Waals surface area contributed by atoms with Crippen molar-refractivity contribution in [1.29, 1.82) is 0 Å². The number of benzene rings is 2. The van der Waals surface area contributed by atoms with Crippen molar-refractivity contribution in [3.05, 3.63) is 57.3 Å². The second kappa shape index (κ2) is 5.60. The lowest BCUT2D eigenvalue weighted by atomic mass is 10.0. The van der Waals surface area contributed by atoms with E-state index in [4.69, 9.17) is 20.4 Å². The highest BCUT2D eigenvalue weighted by Crippen LogP contribution is 2.21. The van der Waals surface area contributed by atoms with Crippen LogP contribution in [0.4, 0.5) is 5.69 Å². The minimum atomic E-state index is -1.75. The zero-order valence-electron chi connectivity index (χ0n) is 9.20. The first kappa shape index (κ1) is 13.4. The van der Waals surface area contributed by atoms with Gasteiger partial charge in [-0.25, -0.2) is 4.79 Å². The Bertz CT molecular complexity index is 593.